The number of hydrogen-bond acceptors (Lipinski definition) is 6. The normalized spacial score (nSPS) is 40.2. The highest BCUT2D eigenvalue weighted by atomic mass is 32.1. The van der Waals surface area contributed by atoms with Crippen molar-refractivity contribution in [2.75, 3.05) is 14.1 Å². The predicted octanol–water partition coefficient (Wildman–Crippen LogP) is 2.35. The standard InChI is InChI=1S/C20H22NO4S2/c1-21(2)12-9-11(10-13(21)20-16(12)17(20)25-20)24-18(22)19(23,14-5-3-7-26-14)15-6-4-8-27-15/h3-8,11-13,16-17,23H,9-10H2,1-2H3/q+1. The molecule has 6 atom stereocenters. The number of nitrogens with zero attached hydrogens (tertiary/aromatic N) is 1. The minimum atomic E-state index is -1.72. The summed E-state index contributed by atoms with van der Waals surface area (Å²) in [5.41, 5.74) is -1.64. The molecule has 0 aromatic carbocycles. The minimum Gasteiger partial charge on any atom is -0.459 e. The molecule has 3 saturated heterocycles. The number of hydrogen-bond donors (Lipinski definition) is 1. The van der Waals surface area contributed by atoms with Crippen molar-refractivity contribution in [3.05, 3.63) is 44.8 Å². The van der Waals surface area contributed by atoms with Gasteiger partial charge in [-0.15, -0.1) is 22.7 Å². The zero-order valence-electron chi connectivity index (χ0n) is 15.2. The summed E-state index contributed by atoms with van der Waals surface area (Å²) >= 11 is 2.76. The number of piperidine rings is 2. The van der Waals surface area contributed by atoms with Crippen LogP contribution >= 0.6 is 22.7 Å². The third-order valence-corrected chi connectivity index (χ3v) is 9.32. The molecular weight excluding hydrogens is 382 g/mol. The first-order valence-electron chi connectivity index (χ1n) is 9.42. The molecule has 1 spiro atoms. The van der Waals surface area contributed by atoms with Crippen LogP contribution in [-0.4, -0.2) is 59.5 Å². The second kappa shape index (κ2) is 5.02. The van der Waals surface area contributed by atoms with Gasteiger partial charge in [0.15, 0.2) is 5.60 Å². The van der Waals surface area contributed by atoms with Crippen LogP contribution in [0.15, 0.2) is 35.0 Å². The minimum absolute atomic E-state index is 0.0765. The Balaban J connectivity index is 1.27. The van der Waals surface area contributed by atoms with Crippen molar-refractivity contribution < 1.29 is 23.9 Å². The van der Waals surface area contributed by atoms with Gasteiger partial charge in [-0.2, -0.15) is 0 Å². The Kier molecular flexibility index (Phi) is 3.10. The number of thiophene rings is 2. The van der Waals surface area contributed by atoms with E-state index in [9.17, 15) is 9.90 Å². The quantitative estimate of drug-likeness (QED) is 0.483. The molecule has 2 bridgehead atoms. The van der Waals surface area contributed by atoms with Gasteiger partial charge in [0.05, 0.1) is 29.8 Å². The highest BCUT2D eigenvalue weighted by Crippen LogP contribution is 2.77. The van der Waals surface area contributed by atoms with E-state index in [1.807, 2.05) is 22.9 Å². The number of fused-ring (bicyclic) bond motifs is 4. The van der Waals surface area contributed by atoms with E-state index in [1.165, 1.54) is 22.7 Å². The first kappa shape index (κ1) is 16.7. The van der Waals surface area contributed by atoms with Crippen LogP contribution in [0.1, 0.15) is 22.6 Å². The molecule has 2 aromatic rings. The van der Waals surface area contributed by atoms with E-state index in [0.29, 0.717) is 33.9 Å². The Morgan fingerprint density at radius 2 is 1.93 bits per heavy atom. The summed E-state index contributed by atoms with van der Waals surface area (Å²) in [6.45, 7) is 0. The molecule has 5 heterocycles. The zero-order valence-corrected chi connectivity index (χ0v) is 16.8. The maximum absolute atomic E-state index is 13.2. The fourth-order valence-electron chi connectivity index (χ4n) is 5.91. The number of carbonyl (C=O) groups excluding carboxylic acids is 1. The van der Waals surface area contributed by atoms with Crippen LogP contribution in [0.2, 0.25) is 0 Å². The van der Waals surface area contributed by atoms with Crippen LogP contribution in [0.4, 0.5) is 0 Å². The van der Waals surface area contributed by atoms with E-state index < -0.39 is 11.6 Å². The molecule has 27 heavy (non-hydrogen) atoms. The Morgan fingerprint density at radius 3 is 2.44 bits per heavy atom. The number of rotatable bonds is 4. The molecule has 7 heteroatoms. The van der Waals surface area contributed by atoms with Crippen LogP contribution in [0.3, 0.4) is 0 Å². The van der Waals surface area contributed by atoms with E-state index in [-0.39, 0.29) is 11.7 Å². The number of epoxide rings is 1. The van der Waals surface area contributed by atoms with Crippen molar-refractivity contribution in [3.8, 4) is 0 Å². The van der Waals surface area contributed by atoms with Gasteiger partial charge < -0.3 is 19.1 Å². The van der Waals surface area contributed by atoms with Gasteiger partial charge >= 0.3 is 5.97 Å². The number of likely N-dealkylation sites (N-methyl/N-ethyl adjacent to an activating group) is 1. The Bertz CT molecular complexity index is 874. The second-order valence-electron chi connectivity index (χ2n) is 8.79. The lowest BCUT2D eigenvalue weighted by molar-refractivity contribution is -0.936. The van der Waals surface area contributed by atoms with Crippen LogP contribution in [0.25, 0.3) is 0 Å². The second-order valence-corrected chi connectivity index (χ2v) is 10.7. The van der Waals surface area contributed by atoms with Crippen LogP contribution < -0.4 is 0 Å². The molecule has 6 rings (SSSR count). The molecule has 5 nitrogen and oxygen atoms in total. The van der Waals surface area contributed by atoms with E-state index in [1.54, 1.807) is 12.1 Å². The molecule has 142 valence electrons. The maximum Gasteiger partial charge on any atom is 0.349 e. The summed E-state index contributed by atoms with van der Waals surface area (Å²) in [6, 6.07) is 8.17. The first-order chi connectivity index (χ1) is 12.9. The fourth-order valence-corrected chi connectivity index (χ4v) is 7.63. The Hall–Kier alpha value is -1.25. The summed E-state index contributed by atoms with van der Waals surface area (Å²) in [4.78, 5) is 14.4. The van der Waals surface area contributed by atoms with E-state index in [2.05, 4.69) is 14.1 Å². The average molecular weight is 405 g/mol. The summed E-state index contributed by atoms with van der Waals surface area (Å²) in [7, 11) is 4.56. The van der Waals surface area contributed by atoms with Gasteiger partial charge in [-0.05, 0) is 22.9 Å². The molecule has 0 amide bonds. The van der Waals surface area contributed by atoms with Gasteiger partial charge in [0.2, 0.25) is 5.60 Å². The first-order valence-corrected chi connectivity index (χ1v) is 11.2. The van der Waals surface area contributed by atoms with Gasteiger partial charge in [-0.25, -0.2) is 4.79 Å². The molecule has 1 aliphatic carbocycles. The van der Waals surface area contributed by atoms with E-state index >= 15 is 0 Å². The van der Waals surface area contributed by atoms with Gasteiger partial charge in [0.25, 0.3) is 0 Å². The highest BCUT2D eigenvalue weighted by Gasteiger charge is 2.97. The molecule has 4 fully saturated rings. The van der Waals surface area contributed by atoms with Crippen molar-refractivity contribution >= 4 is 28.6 Å². The number of ether oxygens (including phenoxy) is 2. The maximum atomic E-state index is 13.2. The summed E-state index contributed by atoms with van der Waals surface area (Å²) in [6.07, 6.45) is 1.97. The molecule has 1 saturated carbocycles. The molecule has 6 unspecified atom stereocenters. The van der Waals surface area contributed by atoms with Gasteiger partial charge in [0, 0.05) is 12.8 Å². The van der Waals surface area contributed by atoms with Crippen molar-refractivity contribution in [1.82, 2.24) is 0 Å². The Labute approximate surface area is 165 Å². The van der Waals surface area contributed by atoms with Gasteiger partial charge in [0.1, 0.15) is 24.3 Å². The topological polar surface area (TPSA) is 59.1 Å². The zero-order chi connectivity index (χ0) is 18.6. The van der Waals surface area contributed by atoms with E-state index in [4.69, 9.17) is 9.47 Å². The van der Waals surface area contributed by atoms with Crippen molar-refractivity contribution in [1.29, 1.82) is 0 Å². The lowest BCUT2D eigenvalue weighted by Crippen LogP contribution is -2.60. The molecular formula is C20H22NO4S2+. The Morgan fingerprint density at radius 1 is 1.26 bits per heavy atom. The van der Waals surface area contributed by atoms with Crippen LogP contribution in [0, 0.1) is 5.92 Å². The molecule has 4 aliphatic rings. The predicted molar refractivity (Wildman–Crippen MR) is 102 cm³/mol. The fraction of sp³-hybridized carbons (Fsp3) is 0.550. The van der Waals surface area contributed by atoms with Crippen molar-refractivity contribution in [2.45, 2.75) is 48.3 Å². The summed E-state index contributed by atoms with van der Waals surface area (Å²) in [5, 5.41) is 15.2. The molecule has 0 radical (unpaired) electrons. The molecule has 3 aliphatic heterocycles. The lowest BCUT2D eigenvalue weighted by atomic mass is 9.92. The van der Waals surface area contributed by atoms with Crippen LogP contribution in [-0.2, 0) is 19.9 Å². The largest absolute Gasteiger partial charge is 0.459 e. The average Bonchev–Trinajstić information content (AvgIpc) is 3.20. The van der Waals surface area contributed by atoms with Crippen molar-refractivity contribution in [3.63, 3.8) is 0 Å². The number of aliphatic hydroxyl groups is 1. The van der Waals surface area contributed by atoms with Gasteiger partial charge in [-0.3, -0.25) is 0 Å². The summed E-state index contributed by atoms with van der Waals surface area (Å²) < 4.78 is 12.8. The van der Waals surface area contributed by atoms with Gasteiger partial charge in [-0.1, -0.05) is 12.1 Å². The molecule has 2 aromatic heterocycles. The van der Waals surface area contributed by atoms with Crippen LogP contribution in [0.5, 0.6) is 0 Å². The highest BCUT2D eigenvalue weighted by molar-refractivity contribution is 7.12. The van der Waals surface area contributed by atoms with Crippen molar-refractivity contribution in [2.24, 2.45) is 5.92 Å². The third-order valence-electron chi connectivity index (χ3n) is 7.37. The number of carbonyl (C=O) groups is 1. The molecule has 1 N–H and O–H groups in total. The third kappa shape index (κ3) is 1.92. The SMILES string of the molecule is C[N+]1(C)C2CC(OC(=O)C(O)(c3cccs3)c3cccs3)CC1C13OC1C23. The smallest absolute Gasteiger partial charge is 0.349 e. The lowest BCUT2D eigenvalue weighted by Gasteiger charge is -2.45. The number of quaternary nitrogens is 1. The number of esters is 1. The summed E-state index contributed by atoms with van der Waals surface area (Å²) in [5.74, 6) is 0.0816. The van der Waals surface area contributed by atoms with E-state index in [0.717, 1.165) is 17.3 Å². The monoisotopic (exact) mass is 404 g/mol.